The summed E-state index contributed by atoms with van der Waals surface area (Å²) in [5.74, 6) is 0.538. The maximum atomic E-state index is 8.75. The first-order chi connectivity index (χ1) is 6.74. The largest absolute Gasteiger partial charge is 0.490 e. The minimum Gasteiger partial charge on any atom is -0.490 e. The Morgan fingerprint density at radius 3 is 3.14 bits per heavy atom. The number of hydrogen-bond donors (Lipinski definition) is 0. The molecule has 0 aromatic carbocycles. The van der Waals surface area contributed by atoms with Crippen molar-refractivity contribution in [3.05, 3.63) is 36.2 Å². The minimum atomic E-state index is 0.515. The van der Waals surface area contributed by atoms with E-state index in [1.165, 1.54) is 0 Å². The van der Waals surface area contributed by atoms with Crippen LogP contribution in [0.1, 0.15) is 18.9 Å². The molecule has 0 aliphatic heterocycles. The Labute approximate surface area is 83.7 Å². The van der Waals surface area contributed by atoms with Gasteiger partial charge in [0.25, 0.3) is 0 Å². The Balaban J connectivity index is 2.59. The maximum Gasteiger partial charge on any atom is 0.155 e. The van der Waals surface area contributed by atoms with Crippen LogP contribution in [0.15, 0.2) is 30.6 Å². The number of hydrogen-bond acceptors (Lipinski definition) is 3. The third-order valence-corrected chi connectivity index (χ3v) is 1.69. The number of pyridine rings is 1. The van der Waals surface area contributed by atoms with Gasteiger partial charge in [-0.25, -0.2) is 0 Å². The zero-order chi connectivity index (χ0) is 10.4. The molecule has 1 aromatic rings. The van der Waals surface area contributed by atoms with Gasteiger partial charge in [-0.1, -0.05) is 5.57 Å². The monoisotopic (exact) mass is 188 g/mol. The molecule has 3 heteroatoms. The van der Waals surface area contributed by atoms with Crippen LogP contribution in [-0.2, 0) is 0 Å². The van der Waals surface area contributed by atoms with E-state index in [1.54, 1.807) is 18.5 Å². The van der Waals surface area contributed by atoms with Crippen LogP contribution in [-0.4, -0.2) is 11.6 Å². The third kappa shape index (κ3) is 2.91. The number of nitriles is 1. The van der Waals surface area contributed by atoms with E-state index in [-0.39, 0.29) is 0 Å². The minimum absolute atomic E-state index is 0.515. The summed E-state index contributed by atoms with van der Waals surface area (Å²) in [6, 6.07) is 3.68. The fourth-order valence-corrected chi connectivity index (χ4v) is 0.923. The Morgan fingerprint density at radius 1 is 1.71 bits per heavy atom. The summed E-state index contributed by atoms with van der Waals surface area (Å²) >= 11 is 0. The fraction of sp³-hybridized carbons (Fsp3) is 0.273. The molecular formula is C11H12N2O. The molecule has 0 atom stereocenters. The van der Waals surface area contributed by atoms with Crippen molar-refractivity contribution < 1.29 is 4.74 Å². The number of rotatable bonds is 4. The molecular weight excluding hydrogens is 176 g/mol. The lowest BCUT2D eigenvalue weighted by atomic mass is 10.2. The maximum absolute atomic E-state index is 8.75. The molecule has 0 saturated carbocycles. The summed E-state index contributed by atoms with van der Waals surface area (Å²) in [5, 5.41) is 8.75. The smallest absolute Gasteiger partial charge is 0.155 e. The van der Waals surface area contributed by atoms with Crippen molar-refractivity contribution in [1.82, 2.24) is 4.98 Å². The van der Waals surface area contributed by atoms with Gasteiger partial charge in [0, 0.05) is 12.6 Å². The third-order valence-electron chi connectivity index (χ3n) is 1.69. The zero-order valence-electron chi connectivity index (χ0n) is 8.16. The van der Waals surface area contributed by atoms with E-state index in [1.807, 2.05) is 13.0 Å². The first-order valence-electron chi connectivity index (χ1n) is 4.35. The molecule has 0 fully saturated rings. The number of ether oxygens (including phenoxy) is 1. The first-order valence-corrected chi connectivity index (χ1v) is 4.35. The highest BCUT2D eigenvalue weighted by Gasteiger charge is 2.01. The molecule has 0 N–H and O–H groups in total. The van der Waals surface area contributed by atoms with Gasteiger partial charge in [-0.3, -0.25) is 4.98 Å². The second-order valence-corrected chi connectivity index (χ2v) is 3.04. The van der Waals surface area contributed by atoms with Gasteiger partial charge in [-0.05, 0) is 13.0 Å². The van der Waals surface area contributed by atoms with Crippen molar-refractivity contribution in [2.45, 2.75) is 13.3 Å². The SMILES string of the molecule is C=C(C)CCOc1cnccc1C#N. The van der Waals surface area contributed by atoms with Crippen LogP contribution in [0.2, 0.25) is 0 Å². The summed E-state index contributed by atoms with van der Waals surface area (Å²) in [5.41, 5.74) is 1.58. The fourth-order valence-electron chi connectivity index (χ4n) is 0.923. The Bertz CT molecular complexity index is 366. The van der Waals surface area contributed by atoms with E-state index >= 15 is 0 Å². The number of nitrogens with zero attached hydrogens (tertiary/aromatic N) is 2. The van der Waals surface area contributed by atoms with E-state index < -0.39 is 0 Å². The van der Waals surface area contributed by atoms with Crippen LogP contribution in [0, 0.1) is 11.3 Å². The molecule has 14 heavy (non-hydrogen) atoms. The van der Waals surface area contributed by atoms with Crippen LogP contribution in [0.25, 0.3) is 0 Å². The van der Waals surface area contributed by atoms with Gasteiger partial charge < -0.3 is 4.74 Å². The summed E-state index contributed by atoms with van der Waals surface area (Å²) in [7, 11) is 0. The quantitative estimate of drug-likeness (QED) is 0.681. The second kappa shape index (κ2) is 5.03. The molecule has 0 aliphatic carbocycles. The topological polar surface area (TPSA) is 45.9 Å². The van der Waals surface area contributed by atoms with Crippen molar-refractivity contribution in [2.75, 3.05) is 6.61 Å². The molecule has 0 bridgehead atoms. The van der Waals surface area contributed by atoms with Crippen LogP contribution >= 0.6 is 0 Å². The summed E-state index contributed by atoms with van der Waals surface area (Å²) in [6.07, 6.45) is 3.92. The average molecular weight is 188 g/mol. The van der Waals surface area contributed by atoms with Gasteiger partial charge in [-0.2, -0.15) is 5.26 Å². The van der Waals surface area contributed by atoms with Crippen molar-refractivity contribution in [2.24, 2.45) is 0 Å². The Kier molecular flexibility index (Phi) is 3.69. The van der Waals surface area contributed by atoms with E-state index in [0.717, 1.165) is 12.0 Å². The van der Waals surface area contributed by atoms with Gasteiger partial charge in [-0.15, -0.1) is 6.58 Å². The number of aromatic nitrogens is 1. The zero-order valence-corrected chi connectivity index (χ0v) is 8.16. The van der Waals surface area contributed by atoms with Crippen LogP contribution in [0.3, 0.4) is 0 Å². The predicted octanol–water partition coefficient (Wildman–Crippen LogP) is 2.30. The molecule has 3 nitrogen and oxygen atoms in total. The Hall–Kier alpha value is -1.82. The van der Waals surface area contributed by atoms with Crippen molar-refractivity contribution >= 4 is 0 Å². The Morgan fingerprint density at radius 2 is 2.50 bits per heavy atom. The molecule has 0 aliphatic rings. The van der Waals surface area contributed by atoms with Gasteiger partial charge >= 0.3 is 0 Å². The highest BCUT2D eigenvalue weighted by atomic mass is 16.5. The highest BCUT2D eigenvalue weighted by molar-refractivity contribution is 5.40. The normalized spacial score (nSPS) is 9.14. The van der Waals surface area contributed by atoms with Crippen LogP contribution in [0.4, 0.5) is 0 Å². The lowest BCUT2D eigenvalue weighted by Gasteiger charge is -2.06. The lowest BCUT2D eigenvalue weighted by molar-refractivity contribution is 0.319. The molecule has 1 aromatic heterocycles. The van der Waals surface area contributed by atoms with Gasteiger partial charge in [0.15, 0.2) is 5.75 Å². The molecule has 1 rings (SSSR count). The van der Waals surface area contributed by atoms with E-state index in [9.17, 15) is 0 Å². The van der Waals surface area contributed by atoms with Gasteiger partial charge in [0.2, 0.25) is 0 Å². The second-order valence-electron chi connectivity index (χ2n) is 3.04. The molecule has 0 saturated heterocycles. The lowest BCUT2D eigenvalue weighted by Crippen LogP contribution is -1.99. The molecule has 0 unspecified atom stereocenters. The van der Waals surface area contributed by atoms with Crippen LogP contribution < -0.4 is 4.74 Å². The molecule has 1 heterocycles. The molecule has 0 radical (unpaired) electrons. The first kappa shape index (κ1) is 10.3. The summed E-state index contributed by atoms with van der Waals surface area (Å²) < 4.78 is 5.39. The summed E-state index contributed by atoms with van der Waals surface area (Å²) in [6.45, 7) is 6.25. The molecule has 72 valence electrons. The van der Waals surface area contributed by atoms with Crippen molar-refractivity contribution in [3.63, 3.8) is 0 Å². The van der Waals surface area contributed by atoms with E-state index in [2.05, 4.69) is 11.6 Å². The van der Waals surface area contributed by atoms with Crippen molar-refractivity contribution in [1.29, 1.82) is 5.26 Å². The average Bonchev–Trinajstić information content (AvgIpc) is 2.18. The van der Waals surface area contributed by atoms with E-state index in [4.69, 9.17) is 10.00 Å². The molecule has 0 spiro atoms. The molecule has 0 amide bonds. The van der Waals surface area contributed by atoms with Crippen LogP contribution in [0.5, 0.6) is 5.75 Å². The van der Waals surface area contributed by atoms with E-state index in [0.29, 0.717) is 17.9 Å². The standard InChI is InChI=1S/C11H12N2O/c1-9(2)4-6-14-11-8-13-5-3-10(11)7-12/h3,5,8H,1,4,6H2,2H3. The van der Waals surface area contributed by atoms with Gasteiger partial charge in [0.1, 0.15) is 6.07 Å². The summed E-state index contributed by atoms with van der Waals surface area (Å²) in [4.78, 5) is 3.89. The van der Waals surface area contributed by atoms with Crippen molar-refractivity contribution in [3.8, 4) is 11.8 Å². The predicted molar refractivity (Wildman–Crippen MR) is 53.9 cm³/mol. The highest BCUT2D eigenvalue weighted by Crippen LogP contribution is 2.15. The van der Waals surface area contributed by atoms with Gasteiger partial charge in [0.05, 0.1) is 18.4 Å².